The van der Waals surface area contributed by atoms with Crippen LogP contribution in [0.3, 0.4) is 0 Å². The molecule has 3 N–H and O–H groups in total. The predicted molar refractivity (Wildman–Crippen MR) is 135 cm³/mol. The first-order valence-corrected chi connectivity index (χ1v) is 12.0. The molecule has 0 saturated heterocycles. The monoisotopic (exact) mass is 444 g/mol. The average molecular weight is 445 g/mol. The average Bonchev–Trinajstić information content (AvgIpc) is 2.77. The van der Waals surface area contributed by atoms with Gasteiger partial charge in [-0.3, -0.25) is 0 Å². The van der Waals surface area contributed by atoms with Gasteiger partial charge in [-0.2, -0.15) is 0 Å². The van der Waals surface area contributed by atoms with Crippen molar-refractivity contribution in [2.75, 3.05) is 0 Å². The minimum atomic E-state index is -0.174. The number of benzene rings is 3. The molecular formula is C30H36O3. The van der Waals surface area contributed by atoms with Crippen molar-refractivity contribution in [3.05, 3.63) is 86.5 Å². The van der Waals surface area contributed by atoms with Gasteiger partial charge in [0.25, 0.3) is 0 Å². The number of aryl methyl sites for hydroxylation is 2. The van der Waals surface area contributed by atoms with E-state index in [4.69, 9.17) is 0 Å². The van der Waals surface area contributed by atoms with E-state index in [2.05, 4.69) is 39.8 Å². The van der Waals surface area contributed by atoms with Crippen LogP contribution >= 0.6 is 0 Å². The van der Waals surface area contributed by atoms with E-state index in [1.54, 1.807) is 12.1 Å². The van der Waals surface area contributed by atoms with Gasteiger partial charge in [0.15, 0.2) is 0 Å². The Hall–Kier alpha value is -2.94. The molecule has 0 atom stereocenters. The first-order valence-electron chi connectivity index (χ1n) is 12.0. The number of rotatable bonds is 3. The number of aromatic hydroxyl groups is 3. The van der Waals surface area contributed by atoms with Crippen molar-refractivity contribution in [1.29, 1.82) is 0 Å². The highest BCUT2D eigenvalue weighted by Gasteiger charge is 2.43. The summed E-state index contributed by atoms with van der Waals surface area (Å²) in [7, 11) is 0. The predicted octanol–water partition coefficient (Wildman–Crippen LogP) is 7.30. The number of hydrogen-bond acceptors (Lipinski definition) is 3. The van der Waals surface area contributed by atoms with Crippen LogP contribution in [0.25, 0.3) is 0 Å². The highest BCUT2D eigenvalue weighted by molar-refractivity contribution is 5.60. The van der Waals surface area contributed by atoms with Gasteiger partial charge in [-0.15, -0.1) is 0 Å². The minimum absolute atomic E-state index is 0.174. The third-order valence-corrected chi connectivity index (χ3v) is 8.30. The molecule has 1 aliphatic carbocycles. The van der Waals surface area contributed by atoms with Gasteiger partial charge in [-0.1, -0.05) is 12.1 Å². The molecule has 3 aromatic rings. The van der Waals surface area contributed by atoms with Crippen LogP contribution in [0.2, 0.25) is 0 Å². The van der Waals surface area contributed by atoms with Crippen LogP contribution in [0.5, 0.6) is 17.2 Å². The molecule has 3 nitrogen and oxygen atoms in total. The summed E-state index contributed by atoms with van der Waals surface area (Å²) in [4.78, 5) is 0. The molecule has 3 heteroatoms. The van der Waals surface area contributed by atoms with Gasteiger partial charge in [0.2, 0.25) is 0 Å². The Morgan fingerprint density at radius 2 is 1.06 bits per heavy atom. The van der Waals surface area contributed by atoms with Crippen LogP contribution in [0, 0.1) is 41.5 Å². The molecule has 0 unspecified atom stereocenters. The SMILES string of the molecule is Cc1cc(O)c(C)c(C)c1C1(c2c(C)cc(O)c(C)c2C)CCC(c2ccc(O)cc2)CC1. The molecule has 174 valence electrons. The first kappa shape index (κ1) is 23.2. The Morgan fingerprint density at radius 1 is 0.636 bits per heavy atom. The molecule has 0 aliphatic heterocycles. The summed E-state index contributed by atoms with van der Waals surface area (Å²) in [5, 5.41) is 30.7. The second-order valence-electron chi connectivity index (χ2n) is 10.1. The quantitative estimate of drug-likeness (QED) is 0.397. The Bertz CT molecular complexity index is 1130. The van der Waals surface area contributed by atoms with Gasteiger partial charge in [-0.05, 0) is 147 Å². The maximum atomic E-state index is 10.5. The summed E-state index contributed by atoms with van der Waals surface area (Å²) in [5.41, 5.74) is 10.3. The molecule has 0 aromatic heterocycles. The number of phenols is 3. The Kier molecular flexibility index (Phi) is 5.94. The molecule has 0 heterocycles. The van der Waals surface area contributed by atoms with Crippen LogP contribution in [0.1, 0.15) is 81.7 Å². The summed E-state index contributed by atoms with van der Waals surface area (Å²) in [5.74, 6) is 1.48. The summed E-state index contributed by atoms with van der Waals surface area (Å²) in [6.07, 6.45) is 4.08. The molecule has 0 amide bonds. The zero-order valence-electron chi connectivity index (χ0n) is 20.7. The highest BCUT2D eigenvalue weighted by Crippen LogP contribution is 2.54. The van der Waals surface area contributed by atoms with Crippen molar-refractivity contribution in [3.8, 4) is 17.2 Å². The van der Waals surface area contributed by atoms with E-state index in [0.717, 1.165) is 47.9 Å². The summed E-state index contributed by atoms with van der Waals surface area (Å²) < 4.78 is 0. The summed E-state index contributed by atoms with van der Waals surface area (Å²) >= 11 is 0. The second kappa shape index (κ2) is 8.44. The smallest absolute Gasteiger partial charge is 0.119 e. The van der Waals surface area contributed by atoms with E-state index in [-0.39, 0.29) is 5.41 Å². The lowest BCUT2D eigenvalue weighted by molar-refractivity contribution is 0.309. The Morgan fingerprint density at radius 3 is 1.48 bits per heavy atom. The molecule has 1 aliphatic rings. The van der Waals surface area contributed by atoms with Crippen LogP contribution in [0.4, 0.5) is 0 Å². The van der Waals surface area contributed by atoms with Gasteiger partial charge >= 0.3 is 0 Å². The van der Waals surface area contributed by atoms with E-state index in [0.29, 0.717) is 23.2 Å². The largest absolute Gasteiger partial charge is 0.508 e. The van der Waals surface area contributed by atoms with Crippen molar-refractivity contribution >= 4 is 0 Å². The van der Waals surface area contributed by atoms with E-state index < -0.39 is 0 Å². The van der Waals surface area contributed by atoms with E-state index in [1.165, 1.54) is 27.8 Å². The third-order valence-electron chi connectivity index (χ3n) is 8.30. The maximum Gasteiger partial charge on any atom is 0.119 e. The zero-order valence-corrected chi connectivity index (χ0v) is 20.7. The molecule has 0 bridgehead atoms. The van der Waals surface area contributed by atoms with Crippen molar-refractivity contribution in [2.24, 2.45) is 0 Å². The molecule has 0 spiro atoms. The van der Waals surface area contributed by atoms with Gasteiger partial charge in [0, 0.05) is 5.41 Å². The van der Waals surface area contributed by atoms with E-state index in [9.17, 15) is 15.3 Å². The van der Waals surface area contributed by atoms with Gasteiger partial charge in [0.05, 0.1) is 0 Å². The van der Waals surface area contributed by atoms with E-state index in [1.807, 2.05) is 26.0 Å². The summed E-state index contributed by atoms with van der Waals surface area (Å²) in [6, 6.07) is 11.5. The molecule has 4 rings (SSSR count). The zero-order chi connectivity index (χ0) is 24.1. The highest BCUT2D eigenvalue weighted by atomic mass is 16.3. The van der Waals surface area contributed by atoms with Crippen LogP contribution < -0.4 is 0 Å². The normalized spacial score (nSPS) is 16.2. The second-order valence-corrected chi connectivity index (χ2v) is 10.1. The molecule has 1 fully saturated rings. The lowest BCUT2D eigenvalue weighted by Gasteiger charge is -2.45. The fourth-order valence-electron chi connectivity index (χ4n) is 6.41. The third kappa shape index (κ3) is 3.78. The molecule has 3 aromatic carbocycles. The van der Waals surface area contributed by atoms with E-state index >= 15 is 0 Å². The summed E-state index contributed by atoms with van der Waals surface area (Å²) in [6.45, 7) is 12.5. The van der Waals surface area contributed by atoms with Crippen molar-refractivity contribution < 1.29 is 15.3 Å². The maximum absolute atomic E-state index is 10.5. The minimum Gasteiger partial charge on any atom is -0.508 e. The fraction of sp³-hybridized carbons (Fsp3) is 0.400. The number of phenolic OH excluding ortho intramolecular Hbond substituents is 3. The van der Waals surface area contributed by atoms with Crippen LogP contribution in [-0.4, -0.2) is 15.3 Å². The van der Waals surface area contributed by atoms with Gasteiger partial charge < -0.3 is 15.3 Å². The van der Waals surface area contributed by atoms with Gasteiger partial charge in [-0.25, -0.2) is 0 Å². The lowest BCUT2D eigenvalue weighted by atomic mass is 9.58. The number of hydrogen-bond donors (Lipinski definition) is 3. The van der Waals surface area contributed by atoms with Crippen LogP contribution in [-0.2, 0) is 5.41 Å². The van der Waals surface area contributed by atoms with Crippen molar-refractivity contribution in [3.63, 3.8) is 0 Å². The molecule has 33 heavy (non-hydrogen) atoms. The van der Waals surface area contributed by atoms with Crippen molar-refractivity contribution in [2.45, 2.75) is 78.6 Å². The Labute approximate surface area is 197 Å². The molecule has 0 radical (unpaired) electrons. The molecular weight excluding hydrogens is 408 g/mol. The van der Waals surface area contributed by atoms with Crippen LogP contribution in [0.15, 0.2) is 36.4 Å². The molecule has 1 saturated carbocycles. The Balaban J connectivity index is 1.91. The lowest BCUT2D eigenvalue weighted by Crippen LogP contribution is -2.36. The first-order chi connectivity index (χ1) is 15.6. The van der Waals surface area contributed by atoms with Gasteiger partial charge in [0.1, 0.15) is 17.2 Å². The topological polar surface area (TPSA) is 60.7 Å². The van der Waals surface area contributed by atoms with Crippen molar-refractivity contribution in [1.82, 2.24) is 0 Å². The fourth-order valence-corrected chi connectivity index (χ4v) is 6.41. The standard InChI is InChI=1S/C30H36O3/c1-17-15-26(32)19(3)21(5)28(17)30(29-18(2)16-27(33)20(4)22(29)6)13-11-24(12-14-30)23-7-9-25(31)10-8-23/h7-10,15-16,24,31-33H,11-14H2,1-6H3.